The highest BCUT2D eigenvalue weighted by Crippen LogP contribution is 2.41. The first-order valence-corrected chi connectivity index (χ1v) is 14.2. The van der Waals surface area contributed by atoms with Crippen LogP contribution in [0.2, 0.25) is 0 Å². The molecule has 216 valence electrons. The van der Waals surface area contributed by atoms with Crippen molar-refractivity contribution >= 4 is 28.0 Å². The van der Waals surface area contributed by atoms with Gasteiger partial charge in [0.25, 0.3) is 5.91 Å². The van der Waals surface area contributed by atoms with Crippen LogP contribution in [0.3, 0.4) is 0 Å². The molecule has 5 rings (SSSR count). The van der Waals surface area contributed by atoms with Crippen molar-refractivity contribution in [2.75, 3.05) is 26.5 Å². The molecule has 0 spiro atoms. The zero-order chi connectivity index (χ0) is 29.5. The molecule has 0 aliphatic carbocycles. The van der Waals surface area contributed by atoms with E-state index in [2.05, 4.69) is 9.97 Å². The van der Waals surface area contributed by atoms with Gasteiger partial charge < -0.3 is 24.3 Å². The van der Waals surface area contributed by atoms with Gasteiger partial charge in [-0.1, -0.05) is 18.2 Å². The van der Waals surface area contributed by atoms with Crippen molar-refractivity contribution in [2.45, 2.75) is 36.1 Å². The minimum absolute atomic E-state index is 0.00799. The molecule has 2 aromatic carbocycles. The second-order valence-corrected chi connectivity index (χ2v) is 11.0. The lowest BCUT2D eigenvalue weighted by atomic mass is 9.86. The number of aromatic nitrogens is 2. The van der Waals surface area contributed by atoms with E-state index < -0.39 is 34.6 Å². The lowest BCUT2D eigenvalue weighted by Gasteiger charge is -2.36. The SMILES string of the molecule is COc1ccc(-c2nc(C(=O)N3CCC(F)(c4ccccc4[S+](C)[O-])CC3)c(CN)o2)c2ccc(C(F)(F)F)nc12. The molecule has 1 fully saturated rings. The lowest BCUT2D eigenvalue weighted by molar-refractivity contribution is -0.140. The van der Waals surface area contributed by atoms with Crippen LogP contribution in [0.25, 0.3) is 22.4 Å². The summed E-state index contributed by atoms with van der Waals surface area (Å²) in [4.78, 5) is 23.5. The molecule has 1 aliphatic rings. The minimum Gasteiger partial charge on any atom is -0.612 e. The smallest absolute Gasteiger partial charge is 0.433 e. The Labute approximate surface area is 235 Å². The number of benzene rings is 2. The van der Waals surface area contributed by atoms with Crippen LogP contribution in [0.5, 0.6) is 5.75 Å². The maximum absolute atomic E-state index is 16.0. The fourth-order valence-electron chi connectivity index (χ4n) is 5.04. The van der Waals surface area contributed by atoms with E-state index in [0.29, 0.717) is 16.0 Å². The summed E-state index contributed by atoms with van der Waals surface area (Å²) in [7, 11) is 1.32. The number of alkyl halides is 4. The van der Waals surface area contributed by atoms with Crippen LogP contribution in [0.1, 0.15) is 40.3 Å². The van der Waals surface area contributed by atoms with Gasteiger partial charge in [0.15, 0.2) is 16.3 Å². The van der Waals surface area contributed by atoms with Gasteiger partial charge in [0, 0.05) is 42.4 Å². The Kier molecular flexibility index (Phi) is 7.70. The first-order valence-electron chi connectivity index (χ1n) is 12.6. The molecule has 1 unspecified atom stereocenters. The molecule has 2 N–H and O–H groups in total. The molecule has 0 bridgehead atoms. The molecule has 0 radical (unpaired) electrons. The molecule has 1 saturated heterocycles. The lowest BCUT2D eigenvalue weighted by Crippen LogP contribution is -2.44. The van der Waals surface area contributed by atoms with Gasteiger partial charge in [0.05, 0.1) is 13.7 Å². The number of likely N-dealkylation sites (tertiary alicyclic amines) is 1. The fourth-order valence-corrected chi connectivity index (χ4v) is 5.88. The Morgan fingerprint density at radius 1 is 1.15 bits per heavy atom. The number of fused-ring (bicyclic) bond motifs is 1. The molecule has 41 heavy (non-hydrogen) atoms. The summed E-state index contributed by atoms with van der Waals surface area (Å²) in [5.41, 5.74) is 3.54. The number of methoxy groups -OCH3 is 1. The summed E-state index contributed by atoms with van der Waals surface area (Å²) in [5.74, 6) is -0.338. The zero-order valence-electron chi connectivity index (χ0n) is 22.1. The number of carbonyl (C=O) groups excluding carboxylic acids is 1. The number of carbonyl (C=O) groups is 1. The van der Waals surface area contributed by atoms with Gasteiger partial charge in [-0.2, -0.15) is 13.2 Å². The van der Waals surface area contributed by atoms with Crippen molar-refractivity contribution in [3.05, 3.63) is 71.2 Å². The predicted molar refractivity (Wildman–Crippen MR) is 143 cm³/mol. The largest absolute Gasteiger partial charge is 0.612 e. The van der Waals surface area contributed by atoms with Gasteiger partial charge in [0.2, 0.25) is 5.89 Å². The van der Waals surface area contributed by atoms with Crippen LogP contribution in [-0.2, 0) is 29.6 Å². The Hall–Kier alpha value is -3.68. The van der Waals surface area contributed by atoms with Gasteiger partial charge in [-0.3, -0.25) is 4.79 Å². The predicted octanol–water partition coefficient (Wildman–Crippen LogP) is 5.21. The first-order chi connectivity index (χ1) is 19.5. The van der Waals surface area contributed by atoms with Crippen molar-refractivity contribution in [1.29, 1.82) is 0 Å². The molecular weight excluding hydrogens is 564 g/mol. The van der Waals surface area contributed by atoms with E-state index in [1.807, 2.05) is 0 Å². The number of amides is 1. The molecular formula is C28H26F4N4O4S. The molecule has 4 aromatic rings. The average molecular weight is 591 g/mol. The number of piperidine rings is 1. The number of nitrogens with two attached hydrogens (primary N) is 1. The van der Waals surface area contributed by atoms with Gasteiger partial charge in [-0.05, 0) is 41.5 Å². The molecule has 8 nitrogen and oxygen atoms in total. The number of rotatable bonds is 6. The number of oxazole rings is 1. The molecule has 13 heteroatoms. The zero-order valence-corrected chi connectivity index (χ0v) is 22.9. The van der Waals surface area contributed by atoms with Crippen molar-refractivity contribution < 1.29 is 36.1 Å². The van der Waals surface area contributed by atoms with E-state index in [9.17, 15) is 22.5 Å². The summed E-state index contributed by atoms with van der Waals surface area (Å²) >= 11 is -1.38. The fraction of sp³-hybridized carbons (Fsp3) is 0.321. The Morgan fingerprint density at radius 3 is 2.49 bits per heavy atom. The van der Waals surface area contributed by atoms with Gasteiger partial charge in [-0.25, -0.2) is 14.4 Å². The number of nitrogens with zero attached hydrogens (tertiary/aromatic N) is 3. The van der Waals surface area contributed by atoms with Crippen molar-refractivity contribution in [1.82, 2.24) is 14.9 Å². The highest BCUT2D eigenvalue weighted by atomic mass is 32.2. The minimum atomic E-state index is -4.66. The van der Waals surface area contributed by atoms with E-state index in [0.717, 1.165) is 6.07 Å². The third-order valence-corrected chi connectivity index (χ3v) is 8.14. The molecule has 3 heterocycles. The summed E-state index contributed by atoms with van der Waals surface area (Å²) in [6.07, 6.45) is -3.18. The number of pyridine rings is 1. The summed E-state index contributed by atoms with van der Waals surface area (Å²) in [5, 5.41) is 0.272. The Morgan fingerprint density at radius 2 is 1.85 bits per heavy atom. The first kappa shape index (κ1) is 28.8. The second kappa shape index (κ2) is 11.0. The van der Waals surface area contributed by atoms with Crippen molar-refractivity contribution in [3.8, 4) is 17.2 Å². The highest BCUT2D eigenvalue weighted by molar-refractivity contribution is 7.90. The van der Waals surface area contributed by atoms with E-state index in [4.69, 9.17) is 14.9 Å². The van der Waals surface area contributed by atoms with E-state index >= 15 is 4.39 Å². The molecule has 0 saturated carbocycles. The quantitative estimate of drug-likeness (QED) is 0.242. The standard InChI is InChI=1S/C28H26F4N4O4S/c1-39-19-9-7-17(16-8-10-22(28(30,31)32)34-23(16)19)25-35-24(20(15-33)40-25)26(37)36-13-11-27(29,12-14-36)18-5-3-4-6-21(18)41(2)38/h3-10H,11-15,33H2,1-2H3. The summed E-state index contributed by atoms with van der Waals surface area (Å²) in [6, 6.07) is 11.7. The van der Waals surface area contributed by atoms with Gasteiger partial charge in [-0.15, -0.1) is 0 Å². The normalized spacial score (nSPS) is 16.1. The van der Waals surface area contributed by atoms with Gasteiger partial charge >= 0.3 is 6.18 Å². The number of ether oxygens (including phenoxy) is 1. The number of halogens is 4. The summed E-state index contributed by atoms with van der Waals surface area (Å²) < 4.78 is 79.2. The van der Waals surface area contributed by atoms with Crippen LogP contribution in [0.15, 0.2) is 57.8 Å². The van der Waals surface area contributed by atoms with Crippen LogP contribution in [-0.4, -0.2) is 51.8 Å². The Bertz CT molecular complexity index is 1600. The molecule has 1 aliphatic heterocycles. The van der Waals surface area contributed by atoms with Crippen LogP contribution < -0.4 is 10.5 Å². The van der Waals surface area contributed by atoms with E-state index in [1.165, 1.54) is 30.4 Å². The number of hydrogen-bond acceptors (Lipinski definition) is 7. The highest BCUT2D eigenvalue weighted by Gasteiger charge is 2.41. The second-order valence-electron chi connectivity index (χ2n) is 9.61. The van der Waals surface area contributed by atoms with Crippen molar-refractivity contribution in [3.63, 3.8) is 0 Å². The number of hydrogen-bond donors (Lipinski definition) is 1. The third-order valence-electron chi connectivity index (χ3n) is 7.17. The van der Waals surface area contributed by atoms with E-state index in [1.54, 1.807) is 30.3 Å². The van der Waals surface area contributed by atoms with Crippen LogP contribution in [0.4, 0.5) is 17.6 Å². The Balaban J connectivity index is 1.44. The topological polar surface area (TPSA) is 118 Å². The van der Waals surface area contributed by atoms with Gasteiger partial charge in [0.1, 0.15) is 28.9 Å². The van der Waals surface area contributed by atoms with Crippen LogP contribution in [0, 0.1) is 0 Å². The third kappa shape index (κ3) is 5.36. The monoisotopic (exact) mass is 590 g/mol. The van der Waals surface area contributed by atoms with E-state index in [-0.39, 0.29) is 66.5 Å². The molecule has 1 amide bonds. The average Bonchev–Trinajstić information content (AvgIpc) is 3.40. The molecule has 1 atom stereocenters. The maximum atomic E-state index is 16.0. The molecule has 2 aromatic heterocycles. The summed E-state index contributed by atoms with van der Waals surface area (Å²) in [6.45, 7) is -0.0289. The van der Waals surface area contributed by atoms with Crippen molar-refractivity contribution in [2.24, 2.45) is 5.73 Å². The maximum Gasteiger partial charge on any atom is 0.433 e. The van der Waals surface area contributed by atoms with Crippen LogP contribution >= 0.6 is 0 Å².